The maximum absolute atomic E-state index is 5.99. The van der Waals surface area contributed by atoms with Gasteiger partial charge in [-0.1, -0.05) is 33.6 Å². The predicted octanol–water partition coefficient (Wildman–Crippen LogP) is 3.21. The van der Waals surface area contributed by atoms with Gasteiger partial charge in [0.05, 0.1) is 6.54 Å². The fourth-order valence-corrected chi connectivity index (χ4v) is 2.92. The average Bonchev–Trinajstić information content (AvgIpc) is 2.83. The van der Waals surface area contributed by atoms with E-state index in [0.29, 0.717) is 18.0 Å². The lowest BCUT2D eigenvalue weighted by Gasteiger charge is -2.21. The fraction of sp³-hybridized carbons (Fsp3) is 0.938. The predicted molar refractivity (Wildman–Crippen MR) is 103 cm³/mol. The van der Waals surface area contributed by atoms with Crippen LogP contribution in [0.25, 0.3) is 0 Å². The van der Waals surface area contributed by atoms with E-state index in [9.17, 15) is 0 Å². The van der Waals surface area contributed by atoms with Crippen LogP contribution < -0.4 is 11.1 Å². The summed E-state index contributed by atoms with van der Waals surface area (Å²) in [5.74, 6) is 1.40. The normalized spacial score (nSPS) is 21.4. The Bertz CT molecular complexity index is 294. The minimum absolute atomic E-state index is 0. The van der Waals surface area contributed by atoms with Gasteiger partial charge in [0.1, 0.15) is 0 Å². The standard InChI is InChI=1S/C16H34N4.HI/c1-5-20-11-7-10-15(20)12-18-16(17)19-14(4)9-6-8-13(2)3;/h13-15H,5-12H2,1-4H3,(H3,17,18,19);1H. The number of rotatable bonds is 8. The van der Waals surface area contributed by atoms with Crippen molar-refractivity contribution in [2.75, 3.05) is 19.6 Å². The van der Waals surface area contributed by atoms with Crippen molar-refractivity contribution in [3.05, 3.63) is 0 Å². The molecule has 1 rings (SSSR count). The molecule has 0 amide bonds. The summed E-state index contributed by atoms with van der Waals surface area (Å²) in [5.41, 5.74) is 5.99. The number of hydrogen-bond acceptors (Lipinski definition) is 2. The van der Waals surface area contributed by atoms with Gasteiger partial charge in [0.25, 0.3) is 0 Å². The number of nitrogens with zero attached hydrogens (tertiary/aromatic N) is 2. The minimum atomic E-state index is 0. The largest absolute Gasteiger partial charge is 0.370 e. The van der Waals surface area contributed by atoms with Gasteiger partial charge in [-0.15, -0.1) is 24.0 Å². The Hall–Kier alpha value is -0.0400. The number of hydrogen-bond donors (Lipinski definition) is 2. The minimum Gasteiger partial charge on any atom is -0.370 e. The van der Waals surface area contributed by atoms with Gasteiger partial charge in [0.15, 0.2) is 5.96 Å². The Morgan fingerprint density at radius 3 is 2.67 bits per heavy atom. The summed E-state index contributed by atoms with van der Waals surface area (Å²) in [5, 5.41) is 3.32. The van der Waals surface area contributed by atoms with Crippen LogP contribution in [0.4, 0.5) is 0 Å². The molecule has 21 heavy (non-hydrogen) atoms. The van der Waals surface area contributed by atoms with E-state index < -0.39 is 0 Å². The molecule has 0 spiro atoms. The van der Waals surface area contributed by atoms with Crippen molar-refractivity contribution in [1.29, 1.82) is 0 Å². The topological polar surface area (TPSA) is 53.6 Å². The zero-order valence-electron chi connectivity index (χ0n) is 14.3. The lowest BCUT2D eigenvalue weighted by molar-refractivity contribution is 0.273. The van der Waals surface area contributed by atoms with E-state index in [-0.39, 0.29) is 24.0 Å². The number of likely N-dealkylation sites (tertiary alicyclic amines) is 1. The van der Waals surface area contributed by atoms with Crippen LogP contribution in [0.1, 0.15) is 59.8 Å². The van der Waals surface area contributed by atoms with Crippen molar-refractivity contribution < 1.29 is 0 Å². The van der Waals surface area contributed by atoms with Crippen LogP contribution in [0.15, 0.2) is 4.99 Å². The molecule has 3 N–H and O–H groups in total. The third-order valence-corrected chi connectivity index (χ3v) is 4.19. The van der Waals surface area contributed by atoms with Crippen molar-refractivity contribution in [3.63, 3.8) is 0 Å². The van der Waals surface area contributed by atoms with E-state index in [4.69, 9.17) is 5.73 Å². The first kappa shape index (κ1) is 21.0. The summed E-state index contributed by atoms with van der Waals surface area (Å²) in [6.45, 7) is 12.1. The molecule has 1 saturated heterocycles. The summed E-state index contributed by atoms with van der Waals surface area (Å²) < 4.78 is 0. The van der Waals surface area contributed by atoms with Crippen LogP contribution in [0.2, 0.25) is 0 Å². The molecule has 0 bridgehead atoms. The summed E-state index contributed by atoms with van der Waals surface area (Å²) >= 11 is 0. The summed E-state index contributed by atoms with van der Waals surface area (Å²) in [6.07, 6.45) is 6.27. The highest BCUT2D eigenvalue weighted by Crippen LogP contribution is 2.16. The number of aliphatic imine (C=N–C) groups is 1. The molecule has 5 heteroatoms. The molecule has 1 aliphatic rings. The van der Waals surface area contributed by atoms with Crippen molar-refractivity contribution in [1.82, 2.24) is 10.2 Å². The highest BCUT2D eigenvalue weighted by atomic mass is 127. The van der Waals surface area contributed by atoms with Gasteiger partial charge < -0.3 is 11.1 Å². The molecule has 126 valence electrons. The fourth-order valence-electron chi connectivity index (χ4n) is 2.92. The van der Waals surface area contributed by atoms with Crippen molar-refractivity contribution in [2.24, 2.45) is 16.6 Å². The van der Waals surface area contributed by atoms with Crippen LogP contribution in [0.3, 0.4) is 0 Å². The van der Waals surface area contributed by atoms with Crippen LogP contribution in [0.5, 0.6) is 0 Å². The molecule has 2 unspecified atom stereocenters. The van der Waals surface area contributed by atoms with Crippen LogP contribution >= 0.6 is 24.0 Å². The lowest BCUT2D eigenvalue weighted by Crippen LogP contribution is -2.40. The van der Waals surface area contributed by atoms with Crippen molar-refractivity contribution in [2.45, 2.75) is 71.9 Å². The monoisotopic (exact) mass is 410 g/mol. The maximum atomic E-state index is 5.99. The average molecular weight is 410 g/mol. The SMILES string of the molecule is CCN1CCCC1CN=C(N)NC(C)CCCC(C)C.I. The molecule has 0 aromatic heterocycles. The van der Waals surface area contributed by atoms with E-state index in [0.717, 1.165) is 19.0 Å². The number of likely N-dealkylation sites (N-methyl/N-ethyl adjacent to an activating group) is 1. The molecule has 1 heterocycles. The Morgan fingerprint density at radius 2 is 2.05 bits per heavy atom. The smallest absolute Gasteiger partial charge is 0.188 e. The zero-order chi connectivity index (χ0) is 15.0. The molecule has 0 aromatic carbocycles. The van der Waals surface area contributed by atoms with Gasteiger partial charge in [-0.2, -0.15) is 0 Å². The number of nitrogens with one attached hydrogen (secondary N) is 1. The van der Waals surface area contributed by atoms with Gasteiger partial charge in [0.2, 0.25) is 0 Å². The maximum Gasteiger partial charge on any atom is 0.188 e. The van der Waals surface area contributed by atoms with Gasteiger partial charge in [-0.25, -0.2) is 0 Å². The van der Waals surface area contributed by atoms with E-state index in [1.807, 2.05) is 0 Å². The Kier molecular flexibility index (Phi) is 11.5. The van der Waals surface area contributed by atoms with Gasteiger partial charge >= 0.3 is 0 Å². The van der Waals surface area contributed by atoms with E-state index >= 15 is 0 Å². The second-order valence-corrected chi connectivity index (χ2v) is 6.52. The first-order valence-corrected chi connectivity index (χ1v) is 8.33. The summed E-state index contributed by atoms with van der Waals surface area (Å²) in [7, 11) is 0. The molecule has 0 aromatic rings. The second-order valence-electron chi connectivity index (χ2n) is 6.52. The Labute approximate surface area is 148 Å². The molecule has 4 nitrogen and oxygen atoms in total. The van der Waals surface area contributed by atoms with Crippen molar-refractivity contribution in [3.8, 4) is 0 Å². The van der Waals surface area contributed by atoms with Crippen LogP contribution in [0, 0.1) is 5.92 Å². The third-order valence-electron chi connectivity index (χ3n) is 4.19. The highest BCUT2D eigenvalue weighted by Gasteiger charge is 2.22. The number of guanidine groups is 1. The Morgan fingerprint density at radius 1 is 1.33 bits per heavy atom. The first-order valence-electron chi connectivity index (χ1n) is 8.33. The third kappa shape index (κ3) is 8.86. The van der Waals surface area contributed by atoms with Gasteiger partial charge in [-0.05, 0) is 45.2 Å². The van der Waals surface area contributed by atoms with Crippen LogP contribution in [-0.4, -0.2) is 42.6 Å². The van der Waals surface area contributed by atoms with E-state index in [1.54, 1.807) is 0 Å². The van der Waals surface area contributed by atoms with E-state index in [2.05, 4.69) is 42.9 Å². The molecule has 1 aliphatic heterocycles. The molecule has 1 fully saturated rings. The molecule has 0 radical (unpaired) electrons. The second kappa shape index (κ2) is 11.5. The van der Waals surface area contributed by atoms with Crippen molar-refractivity contribution >= 4 is 29.9 Å². The van der Waals surface area contributed by atoms with Gasteiger partial charge in [-0.3, -0.25) is 9.89 Å². The number of halogens is 1. The van der Waals surface area contributed by atoms with Crippen LogP contribution in [-0.2, 0) is 0 Å². The van der Waals surface area contributed by atoms with Gasteiger partial charge in [0, 0.05) is 12.1 Å². The molecule has 0 saturated carbocycles. The molecule has 0 aliphatic carbocycles. The molecular weight excluding hydrogens is 375 g/mol. The number of nitrogens with two attached hydrogens (primary N) is 1. The Balaban J connectivity index is 0.00000400. The molecular formula is C16H35IN4. The quantitative estimate of drug-likeness (QED) is 0.367. The summed E-state index contributed by atoms with van der Waals surface area (Å²) in [6, 6.07) is 1.01. The highest BCUT2D eigenvalue weighted by molar-refractivity contribution is 14.0. The summed E-state index contributed by atoms with van der Waals surface area (Å²) in [4.78, 5) is 7.03. The lowest BCUT2D eigenvalue weighted by atomic mass is 10.0. The van der Waals surface area contributed by atoms with E-state index in [1.165, 1.54) is 38.6 Å². The zero-order valence-corrected chi connectivity index (χ0v) is 16.6. The first-order chi connectivity index (χ1) is 9.52. The molecule has 2 atom stereocenters.